The van der Waals surface area contributed by atoms with Crippen molar-refractivity contribution < 1.29 is 18.0 Å². The zero-order valence-corrected chi connectivity index (χ0v) is 26.7. The first kappa shape index (κ1) is 32.6. The molecule has 1 atom stereocenters. The van der Waals surface area contributed by atoms with Crippen molar-refractivity contribution in [2.45, 2.75) is 23.9 Å². The molecule has 12 heteroatoms. The molecule has 0 saturated carbocycles. The smallest absolute Gasteiger partial charge is 0.264 e. The van der Waals surface area contributed by atoms with Gasteiger partial charge in [0.1, 0.15) is 12.6 Å². The van der Waals surface area contributed by atoms with Crippen molar-refractivity contribution in [3.8, 4) is 0 Å². The maximum absolute atomic E-state index is 14.3. The predicted molar refractivity (Wildman–Crippen MR) is 172 cm³/mol. The molecule has 0 aliphatic carbocycles. The van der Waals surface area contributed by atoms with Gasteiger partial charge in [-0.15, -0.1) is 0 Å². The Morgan fingerprint density at radius 3 is 1.91 bits per heavy atom. The van der Waals surface area contributed by atoms with Gasteiger partial charge < -0.3 is 10.2 Å². The van der Waals surface area contributed by atoms with Crippen molar-refractivity contribution in [3.05, 3.63) is 128 Å². The molecule has 0 radical (unpaired) electrons. The Morgan fingerprint density at radius 1 is 0.744 bits per heavy atom. The van der Waals surface area contributed by atoms with Gasteiger partial charge in [-0.1, -0.05) is 101 Å². The molecule has 43 heavy (non-hydrogen) atoms. The van der Waals surface area contributed by atoms with Gasteiger partial charge in [-0.25, -0.2) is 8.42 Å². The lowest BCUT2D eigenvalue weighted by Crippen LogP contribution is -2.53. The number of carbonyl (C=O) groups is 2. The highest BCUT2D eigenvalue weighted by molar-refractivity contribution is 7.92. The number of benzene rings is 4. The van der Waals surface area contributed by atoms with E-state index in [0.717, 1.165) is 9.87 Å². The maximum atomic E-state index is 14.3. The van der Waals surface area contributed by atoms with Crippen LogP contribution in [-0.2, 0) is 32.6 Å². The number of hydrogen-bond donors (Lipinski definition) is 1. The van der Waals surface area contributed by atoms with Gasteiger partial charge in [0.25, 0.3) is 10.0 Å². The number of nitrogens with one attached hydrogen (secondary N) is 1. The number of likely N-dealkylation sites (N-methyl/N-ethyl adjacent to an activating group) is 1. The molecule has 0 unspecified atom stereocenters. The number of hydrogen-bond acceptors (Lipinski definition) is 4. The van der Waals surface area contributed by atoms with Crippen molar-refractivity contribution in [2.75, 3.05) is 17.9 Å². The first-order chi connectivity index (χ1) is 20.5. The number of nitrogens with zero attached hydrogens (tertiary/aromatic N) is 2. The van der Waals surface area contributed by atoms with Gasteiger partial charge in [-0.05, 0) is 53.6 Å². The quantitative estimate of drug-likeness (QED) is 0.187. The number of rotatable bonds is 11. The van der Waals surface area contributed by atoms with Crippen LogP contribution in [0.5, 0.6) is 0 Å². The Balaban J connectivity index is 1.81. The minimum atomic E-state index is -4.26. The molecule has 4 aromatic rings. The zero-order valence-electron chi connectivity index (χ0n) is 22.9. The largest absolute Gasteiger partial charge is 0.357 e. The van der Waals surface area contributed by atoms with Crippen LogP contribution in [0, 0.1) is 0 Å². The summed E-state index contributed by atoms with van der Waals surface area (Å²) in [7, 11) is -2.79. The van der Waals surface area contributed by atoms with Crippen LogP contribution in [0.3, 0.4) is 0 Å². The minimum absolute atomic E-state index is 0.0305. The zero-order chi connectivity index (χ0) is 31.1. The van der Waals surface area contributed by atoms with Gasteiger partial charge >= 0.3 is 0 Å². The van der Waals surface area contributed by atoms with Gasteiger partial charge in [0.05, 0.1) is 30.7 Å². The van der Waals surface area contributed by atoms with Crippen molar-refractivity contribution in [1.82, 2.24) is 10.2 Å². The molecule has 7 nitrogen and oxygen atoms in total. The fraction of sp³-hybridized carbons (Fsp3) is 0.161. The summed E-state index contributed by atoms with van der Waals surface area (Å²) in [6.45, 7) is -0.694. The highest BCUT2D eigenvalue weighted by Crippen LogP contribution is 2.31. The predicted octanol–water partition coefficient (Wildman–Crippen LogP) is 6.88. The lowest BCUT2D eigenvalue weighted by atomic mass is 10.0. The molecular weight excluding hydrogens is 652 g/mol. The number of amides is 2. The van der Waals surface area contributed by atoms with Gasteiger partial charge in [0.2, 0.25) is 11.8 Å². The van der Waals surface area contributed by atoms with Gasteiger partial charge in [-0.3, -0.25) is 13.9 Å². The molecule has 0 heterocycles. The van der Waals surface area contributed by atoms with E-state index in [1.54, 1.807) is 36.4 Å². The van der Waals surface area contributed by atoms with Crippen LogP contribution >= 0.6 is 46.4 Å². The third kappa shape index (κ3) is 8.02. The van der Waals surface area contributed by atoms with E-state index in [0.29, 0.717) is 10.6 Å². The van der Waals surface area contributed by atoms with Gasteiger partial charge in [0.15, 0.2) is 0 Å². The fourth-order valence-corrected chi connectivity index (χ4v) is 6.48. The summed E-state index contributed by atoms with van der Waals surface area (Å²) in [5, 5.41) is 3.57. The van der Waals surface area contributed by atoms with Crippen molar-refractivity contribution in [3.63, 3.8) is 0 Å². The summed E-state index contributed by atoms with van der Waals surface area (Å²) in [6, 6.07) is 25.1. The third-order valence-electron chi connectivity index (χ3n) is 6.66. The third-order valence-corrected chi connectivity index (χ3v) is 9.92. The molecule has 0 aromatic heterocycles. The Kier molecular flexibility index (Phi) is 11.0. The van der Waals surface area contributed by atoms with E-state index in [1.807, 2.05) is 30.3 Å². The molecule has 0 aliphatic rings. The summed E-state index contributed by atoms with van der Waals surface area (Å²) in [5.41, 5.74) is 1.53. The minimum Gasteiger partial charge on any atom is -0.357 e. The van der Waals surface area contributed by atoms with E-state index in [2.05, 4.69) is 5.32 Å². The molecule has 224 valence electrons. The molecule has 4 aromatic carbocycles. The lowest BCUT2D eigenvalue weighted by molar-refractivity contribution is -0.139. The Morgan fingerprint density at radius 2 is 1.33 bits per heavy atom. The van der Waals surface area contributed by atoms with Gasteiger partial charge in [-0.2, -0.15) is 0 Å². The van der Waals surface area contributed by atoms with E-state index in [1.165, 1.54) is 42.3 Å². The summed E-state index contributed by atoms with van der Waals surface area (Å²) >= 11 is 24.8. The topological polar surface area (TPSA) is 86.8 Å². The van der Waals surface area contributed by atoms with Crippen LogP contribution in [0.1, 0.15) is 11.1 Å². The molecule has 4 rings (SSSR count). The average molecular weight is 679 g/mol. The second-order valence-electron chi connectivity index (χ2n) is 9.51. The Hall–Kier alpha value is -3.27. The van der Waals surface area contributed by atoms with Crippen molar-refractivity contribution in [2.24, 2.45) is 0 Å². The second-order valence-corrected chi connectivity index (χ2v) is 13.0. The highest BCUT2D eigenvalue weighted by atomic mass is 35.5. The van der Waals surface area contributed by atoms with Gasteiger partial charge in [0, 0.05) is 20.0 Å². The summed E-state index contributed by atoms with van der Waals surface area (Å²) < 4.78 is 28.8. The van der Waals surface area contributed by atoms with Crippen LogP contribution in [0.2, 0.25) is 20.1 Å². The van der Waals surface area contributed by atoms with E-state index in [4.69, 9.17) is 46.4 Å². The van der Waals surface area contributed by atoms with Crippen molar-refractivity contribution in [1.29, 1.82) is 0 Å². The number of anilines is 1. The van der Waals surface area contributed by atoms with Crippen molar-refractivity contribution >= 4 is 73.9 Å². The van der Waals surface area contributed by atoms with Crippen LogP contribution < -0.4 is 9.62 Å². The first-order valence-corrected chi connectivity index (χ1v) is 16.0. The molecule has 0 fully saturated rings. The SMILES string of the molecule is CNC(=O)[C@H](Cc1ccccc1)N(Cc1ccc(Cl)c(Cl)c1)C(=O)CN(c1ccc(Cl)c(Cl)c1)S(=O)(=O)c1ccccc1. The Bertz CT molecular complexity index is 1710. The highest BCUT2D eigenvalue weighted by Gasteiger charge is 2.34. The second kappa shape index (κ2) is 14.5. The molecule has 0 saturated heterocycles. The molecule has 0 spiro atoms. The monoisotopic (exact) mass is 677 g/mol. The lowest BCUT2D eigenvalue weighted by Gasteiger charge is -2.33. The van der Waals surface area contributed by atoms with Crippen LogP contribution in [0.25, 0.3) is 0 Å². The molecular formula is C31H27Cl4N3O4S. The Labute approximate surface area is 271 Å². The first-order valence-electron chi connectivity index (χ1n) is 13.0. The molecule has 1 N–H and O–H groups in total. The molecule has 2 amide bonds. The van der Waals surface area contributed by atoms with E-state index < -0.39 is 34.4 Å². The van der Waals surface area contributed by atoms with E-state index >= 15 is 0 Å². The summed E-state index contributed by atoms with van der Waals surface area (Å²) in [4.78, 5) is 28.9. The summed E-state index contributed by atoms with van der Waals surface area (Å²) in [5.74, 6) is -1.06. The number of halogens is 4. The van der Waals surface area contributed by atoms with Crippen LogP contribution in [-0.4, -0.2) is 44.8 Å². The average Bonchev–Trinajstić information content (AvgIpc) is 3.01. The maximum Gasteiger partial charge on any atom is 0.264 e. The fourth-order valence-electron chi connectivity index (χ4n) is 4.44. The normalized spacial score (nSPS) is 11.9. The van der Waals surface area contributed by atoms with E-state index in [-0.39, 0.29) is 38.6 Å². The molecule has 0 aliphatic heterocycles. The number of carbonyl (C=O) groups excluding carboxylic acids is 2. The standard InChI is InChI=1S/C31H27Cl4N3O4S/c1-36-31(40)29(17-21-8-4-2-5-9-21)37(19-22-12-14-25(32)27(34)16-22)30(39)20-38(23-13-15-26(33)28(35)18-23)43(41,42)24-10-6-3-7-11-24/h2-16,18,29H,17,19-20H2,1H3,(H,36,40)/t29-/m0/s1. The van der Waals surface area contributed by atoms with E-state index in [9.17, 15) is 18.0 Å². The molecule has 0 bridgehead atoms. The van der Waals surface area contributed by atoms with Crippen LogP contribution in [0.4, 0.5) is 5.69 Å². The van der Waals surface area contributed by atoms with Crippen LogP contribution in [0.15, 0.2) is 102 Å². The number of sulfonamides is 1. The summed E-state index contributed by atoms with van der Waals surface area (Å²) in [6.07, 6.45) is 0.172.